The first kappa shape index (κ1) is 15.3. The molecule has 0 fully saturated rings. The van der Waals surface area contributed by atoms with Gasteiger partial charge in [-0.3, -0.25) is 4.79 Å². The van der Waals surface area contributed by atoms with Crippen molar-refractivity contribution >= 4 is 34.7 Å². The Hall–Kier alpha value is -2.07. The molecule has 0 spiro atoms. The van der Waals surface area contributed by atoms with Crippen LogP contribution in [0.4, 0.5) is 17.2 Å². The fourth-order valence-corrected chi connectivity index (χ4v) is 1.76. The fraction of sp³-hybridized carbons (Fsp3) is 0.250. The topological polar surface area (TPSA) is 54.0 Å². The zero-order valence-corrected chi connectivity index (χ0v) is 13.0. The summed E-state index contributed by atoms with van der Waals surface area (Å²) in [6, 6.07) is 11.0. The molecule has 2 rings (SSSR count). The number of nitrogens with one attached hydrogen (secondary N) is 2. The van der Waals surface area contributed by atoms with Crippen LogP contribution in [0.2, 0.25) is 5.02 Å². The Labute approximate surface area is 129 Å². The van der Waals surface area contributed by atoms with E-state index >= 15 is 0 Å². The van der Waals surface area contributed by atoms with Gasteiger partial charge in [-0.25, -0.2) is 4.98 Å². The van der Waals surface area contributed by atoms with E-state index in [0.717, 1.165) is 5.69 Å². The lowest BCUT2D eigenvalue weighted by atomic mass is 9.96. The molecule has 0 unspecified atom stereocenters. The van der Waals surface area contributed by atoms with E-state index in [9.17, 15) is 4.79 Å². The van der Waals surface area contributed by atoms with Crippen LogP contribution in [0, 0.1) is 5.41 Å². The maximum Gasteiger partial charge on any atom is 0.229 e. The minimum absolute atomic E-state index is 0.0418. The number of amides is 1. The van der Waals surface area contributed by atoms with Gasteiger partial charge in [-0.05, 0) is 30.3 Å². The van der Waals surface area contributed by atoms with Gasteiger partial charge in [0.1, 0.15) is 5.82 Å². The molecule has 0 saturated heterocycles. The smallest absolute Gasteiger partial charge is 0.229 e. The number of nitrogens with zero attached hydrogens (tertiary/aromatic N) is 1. The predicted octanol–water partition coefficient (Wildman–Crippen LogP) is 4.46. The van der Waals surface area contributed by atoms with E-state index in [2.05, 4.69) is 15.6 Å². The molecule has 1 amide bonds. The average molecular weight is 304 g/mol. The number of rotatable bonds is 3. The molecule has 21 heavy (non-hydrogen) atoms. The summed E-state index contributed by atoms with van der Waals surface area (Å²) in [5.41, 5.74) is 1.10. The SMILES string of the molecule is CC(C)(C)C(=O)Nc1ccc(Nc2cccc(Cl)c2)nc1. The second kappa shape index (κ2) is 6.14. The first-order chi connectivity index (χ1) is 9.84. The molecule has 0 radical (unpaired) electrons. The monoisotopic (exact) mass is 303 g/mol. The molecular weight excluding hydrogens is 286 g/mol. The first-order valence-corrected chi connectivity index (χ1v) is 7.02. The minimum Gasteiger partial charge on any atom is -0.340 e. The molecule has 1 aromatic carbocycles. The van der Waals surface area contributed by atoms with Crippen molar-refractivity contribution in [3.63, 3.8) is 0 Å². The Morgan fingerprint density at radius 2 is 1.90 bits per heavy atom. The Bertz CT molecular complexity index is 633. The highest BCUT2D eigenvalue weighted by molar-refractivity contribution is 6.30. The summed E-state index contributed by atoms with van der Waals surface area (Å²) in [6.07, 6.45) is 1.62. The van der Waals surface area contributed by atoms with Gasteiger partial charge in [0.25, 0.3) is 0 Å². The number of pyridine rings is 1. The molecule has 0 bridgehead atoms. The highest BCUT2D eigenvalue weighted by atomic mass is 35.5. The third-order valence-corrected chi connectivity index (χ3v) is 3.03. The van der Waals surface area contributed by atoms with Crippen molar-refractivity contribution in [3.8, 4) is 0 Å². The van der Waals surface area contributed by atoms with Crippen molar-refractivity contribution in [2.45, 2.75) is 20.8 Å². The van der Waals surface area contributed by atoms with Gasteiger partial charge in [0.15, 0.2) is 0 Å². The van der Waals surface area contributed by atoms with E-state index in [1.165, 1.54) is 0 Å². The maximum atomic E-state index is 11.9. The molecule has 0 aliphatic rings. The Morgan fingerprint density at radius 1 is 1.14 bits per heavy atom. The lowest BCUT2D eigenvalue weighted by Gasteiger charge is -2.17. The summed E-state index contributed by atoms with van der Waals surface area (Å²) in [6.45, 7) is 5.60. The van der Waals surface area contributed by atoms with E-state index in [-0.39, 0.29) is 5.91 Å². The largest absolute Gasteiger partial charge is 0.340 e. The summed E-state index contributed by atoms with van der Waals surface area (Å²) in [5.74, 6) is 0.644. The molecule has 0 aliphatic carbocycles. The molecule has 2 N–H and O–H groups in total. The zero-order valence-electron chi connectivity index (χ0n) is 12.3. The van der Waals surface area contributed by atoms with Crippen LogP contribution in [0.5, 0.6) is 0 Å². The number of hydrogen-bond donors (Lipinski definition) is 2. The van der Waals surface area contributed by atoms with Crippen molar-refractivity contribution in [2.75, 3.05) is 10.6 Å². The molecule has 0 saturated carbocycles. The lowest BCUT2D eigenvalue weighted by molar-refractivity contribution is -0.123. The molecule has 0 atom stereocenters. The van der Waals surface area contributed by atoms with Crippen LogP contribution >= 0.6 is 11.6 Å². The normalized spacial score (nSPS) is 11.0. The van der Waals surface area contributed by atoms with Gasteiger partial charge in [-0.2, -0.15) is 0 Å². The number of halogens is 1. The van der Waals surface area contributed by atoms with Gasteiger partial charge < -0.3 is 10.6 Å². The number of anilines is 3. The standard InChI is InChI=1S/C16H18ClN3O/c1-16(2,3)15(21)20-13-7-8-14(18-10-13)19-12-6-4-5-11(17)9-12/h4-10H,1-3H3,(H,18,19)(H,20,21). The number of carbonyl (C=O) groups excluding carboxylic acids is 1. The summed E-state index contributed by atoms with van der Waals surface area (Å²) in [5, 5.41) is 6.64. The molecule has 1 aromatic heterocycles. The Morgan fingerprint density at radius 3 is 2.48 bits per heavy atom. The third-order valence-electron chi connectivity index (χ3n) is 2.80. The molecule has 1 heterocycles. The third kappa shape index (κ3) is 4.46. The second-order valence-electron chi connectivity index (χ2n) is 5.77. The second-order valence-corrected chi connectivity index (χ2v) is 6.21. The molecule has 0 aliphatic heterocycles. The predicted molar refractivity (Wildman–Crippen MR) is 87.1 cm³/mol. The van der Waals surface area contributed by atoms with Gasteiger partial charge in [-0.15, -0.1) is 0 Å². The van der Waals surface area contributed by atoms with Crippen LogP contribution < -0.4 is 10.6 Å². The molecule has 4 nitrogen and oxygen atoms in total. The zero-order chi connectivity index (χ0) is 15.5. The average Bonchev–Trinajstić information content (AvgIpc) is 2.40. The van der Waals surface area contributed by atoms with Crippen molar-refractivity contribution in [1.82, 2.24) is 4.98 Å². The van der Waals surface area contributed by atoms with Crippen LogP contribution in [-0.2, 0) is 4.79 Å². The summed E-state index contributed by atoms with van der Waals surface area (Å²) < 4.78 is 0. The van der Waals surface area contributed by atoms with Gasteiger partial charge in [0.05, 0.1) is 11.9 Å². The van der Waals surface area contributed by atoms with Crippen LogP contribution in [0.3, 0.4) is 0 Å². The highest BCUT2D eigenvalue weighted by Gasteiger charge is 2.21. The van der Waals surface area contributed by atoms with E-state index in [4.69, 9.17) is 11.6 Å². The molecule has 5 heteroatoms. The quantitative estimate of drug-likeness (QED) is 0.880. The van der Waals surface area contributed by atoms with Crippen molar-refractivity contribution in [2.24, 2.45) is 5.41 Å². The van der Waals surface area contributed by atoms with E-state index in [1.54, 1.807) is 12.3 Å². The van der Waals surface area contributed by atoms with Crippen LogP contribution in [0.15, 0.2) is 42.6 Å². The Balaban J connectivity index is 2.04. The highest BCUT2D eigenvalue weighted by Crippen LogP contribution is 2.21. The molecule has 110 valence electrons. The van der Waals surface area contributed by atoms with Crippen LogP contribution in [0.25, 0.3) is 0 Å². The minimum atomic E-state index is -0.433. The van der Waals surface area contributed by atoms with Crippen LogP contribution in [-0.4, -0.2) is 10.9 Å². The Kier molecular flexibility index (Phi) is 4.48. The number of hydrogen-bond acceptors (Lipinski definition) is 3. The molecular formula is C16H18ClN3O. The number of aromatic nitrogens is 1. The van der Waals surface area contributed by atoms with E-state index < -0.39 is 5.41 Å². The van der Waals surface area contributed by atoms with Crippen molar-refractivity contribution < 1.29 is 4.79 Å². The van der Waals surface area contributed by atoms with Gasteiger partial charge in [0, 0.05) is 16.1 Å². The summed E-state index contributed by atoms with van der Waals surface area (Å²) in [4.78, 5) is 16.1. The lowest BCUT2D eigenvalue weighted by Crippen LogP contribution is -2.27. The van der Waals surface area contributed by atoms with Gasteiger partial charge >= 0.3 is 0 Å². The van der Waals surface area contributed by atoms with Crippen molar-refractivity contribution in [3.05, 3.63) is 47.6 Å². The van der Waals surface area contributed by atoms with Gasteiger partial charge in [-0.1, -0.05) is 38.4 Å². The first-order valence-electron chi connectivity index (χ1n) is 6.65. The molecule has 2 aromatic rings. The van der Waals surface area contributed by atoms with Crippen molar-refractivity contribution in [1.29, 1.82) is 0 Å². The van der Waals surface area contributed by atoms with E-state index in [1.807, 2.05) is 51.1 Å². The fourth-order valence-electron chi connectivity index (χ4n) is 1.57. The summed E-state index contributed by atoms with van der Waals surface area (Å²) >= 11 is 5.93. The number of benzene rings is 1. The van der Waals surface area contributed by atoms with Crippen LogP contribution in [0.1, 0.15) is 20.8 Å². The number of carbonyl (C=O) groups is 1. The van der Waals surface area contributed by atoms with E-state index in [0.29, 0.717) is 16.5 Å². The summed E-state index contributed by atoms with van der Waals surface area (Å²) in [7, 11) is 0. The maximum absolute atomic E-state index is 11.9. The van der Waals surface area contributed by atoms with Gasteiger partial charge in [0.2, 0.25) is 5.91 Å².